The van der Waals surface area contributed by atoms with Crippen molar-refractivity contribution in [2.45, 2.75) is 26.0 Å². The first-order valence-electron chi connectivity index (χ1n) is 8.98. The monoisotopic (exact) mass is 377 g/mol. The molecule has 1 aliphatic heterocycles. The first-order valence-corrected chi connectivity index (χ1v) is 8.98. The molecule has 3 N–H and O–H groups in total. The van der Waals surface area contributed by atoms with Crippen LogP contribution in [0.3, 0.4) is 0 Å². The van der Waals surface area contributed by atoms with E-state index in [0.717, 1.165) is 28.0 Å². The van der Waals surface area contributed by atoms with Crippen LogP contribution in [0.1, 0.15) is 13.8 Å². The van der Waals surface area contributed by atoms with Gasteiger partial charge in [0.25, 0.3) is 5.89 Å². The molecule has 0 bridgehead atoms. The molecule has 0 saturated carbocycles. The summed E-state index contributed by atoms with van der Waals surface area (Å²) in [5.74, 6) is 0.942. The first-order chi connectivity index (χ1) is 13.5. The Kier molecular flexibility index (Phi) is 3.59. The Morgan fingerprint density at radius 2 is 1.93 bits per heavy atom. The molecule has 2 aromatic heterocycles. The van der Waals surface area contributed by atoms with Gasteiger partial charge in [-0.25, -0.2) is 4.68 Å². The second-order valence-corrected chi connectivity index (χ2v) is 7.48. The highest BCUT2D eigenvalue weighted by atomic mass is 16.5. The van der Waals surface area contributed by atoms with Crippen molar-refractivity contribution < 1.29 is 9.63 Å². The lowest BCUT2D eigenvalue weighted by molar-refractivity contribution is 0.0585. The number of aliphatic hydroxyl groups is 1. The minimum absolute atomic E-state index is 0.356. The molecular weight excluding hydrogens is 358 g/mol. The summed E-state index contributed by atoms with van der Waals surface area (Å²) in [7, 11) is 0. The van der Waals surface area contributed by atoms with Gasteiger partial charge in [0.15, 0.2) is 0 Å². The van der Waals surface area contributed by atoms with Crippen LogP contribution in [0.15, 0.2) is 40.9 Å². The number of fused-ring (bicyclic) bond motifs is 2. The van der Waals surface area contributed by atoms with Crippen molar-refractivity contribution >= 4 is 22.4 Å². The standard InChI is InChI=1S/C19H19N7O2/c1-19(2,27)9-26-16-6-4-12(8-15(16)23-25-26)18-22-17(24-28-18)11-3-5-13-14(7-11)21-10-20-13/h3-8,20-21,27H,9-10H2,1-2H3. The van der Waals surface area contributed by atoms with E-state index in [0.29, 0.717) is 30.4 Å². The summed E-state index contributed by atoms with van der Waals surface area (Å²) in [6, 6.07) is 11.6. The minimum Gasteiger partial charge on any atom is -0.389 e. The zero-order valence-electron chi connectivity index (χ0n) is 15.5. The summed E-state index contributed by atoms with van der Waals surface area (Å²) in [5, 5.41) is 28.9. The number of hydrogen-bond donors (Lipinski definition) is 3. The van der Waals surface area contributed by atoms with E-state index in [-0.39, 0.29) is 0 Å². The zero-order chi connectivity index (χ0) is 19.3. The van der Waals surface area contributed by atoms with E-state index in [9.17, 15) is 5.11 Å². The summed E-state index contributed by atoms with van der Waals surface area (Å²) >= 11 is 0. The number of rotatable bonds is 4. The summed E-state index contributed by atoms with van der Waals surface area (Å²) in [6.45, 7) is 4.54. The first kappa shape index (κ1) is 16.7. The summed E-state index contributed by atoms with van der Waals surface area (Å²) in [4.78, 5) is 4.53. The number of benzene rings is 2. The van der Waals surface area contributed by atoms with E-state index in [1.54, 1.807) is 18.5 Å². The van der Waals surface area contributed by atoms with Crippen molar-refractivity contribution in [2.24, 2.45) is 0 Å². The topological polar surface area (TPSA) is 114 Å². The maximum absolute atomic E-state index is 10.0. The van der Waals surface area contributed by atoms with E-state index in [2.05, 4.69) is 31.1 Å². The number of nitrogens with one attached hydrogen (secondary N) is 2. The Hall–Kier alpha value is -3.46. The van der Waals surface area contributed by atoms with Crippen LogP contribution in [-0.4, -0.2) is 42.5 Å². The SMILES string of the molecule is CC(C)(O)Cn1nnc2cc(-c3nc(-c4ccc5c(c4)NCN5)no3)ccc21. The molecule has 0 saturated heterocycles. The normalized spacial score (nSPS) is 13.4. The van der Waals surface area contributed by atoms with Crippen LogP contribution in [0.5, 0.6) is 0 Å². The molecule has 142 valence electrons. The molecule has 0 radical (unpaired) electrons. The van der Waals surface area contributed by atoms with Crippen LogP contribution in [0, 0.1) is 0 Å². The van der Waals surface area contributed by atoms with Crippen LogP contribution in [0.4, 0.5) is 11.4 Å². The van der Waals surface area contributed by atoms with Gasteiger partial charge in [-0.15, -0.1) is 5.10 Å². The molecule has 9 heteroatoms. The van der Waals surface area contributed by atoms with Gasteiger partial charge in [0.1, 0.15) is 5.52 Å². The van der Waals surface area contributed by atoms with Gasteiger partial charge < -0.3 is 20.3 Å². The van der Waals surface area contributed by atoms with Crippen molar-refractivity contribution in [3.63, 3.8) is 0 Å². The Balaban J connectivity index is 1.46. The molecule has 3 heterocycles. The molecule has 0 atom stereocenters. The van der Waals surface area contributed by atoms with Crippen LogP contribution in [-0.2, 0) is 6.54 Å². The highest BCUT2D eigenvalue weighted by molar-refractivity contribution is 5.81. The lowest BCUT2D eigenvalue weighted by Gasteiger charge is -2.16. The van der Waals surface area contributed by atoms with Gasteiger partial charge >= 0.3 is 0 Å². The Bertz CT molecular complexity index is 1170. The third kappa shape index (κ3) is 2.95. The Morgan fingerprint density at radius 1 is 1.11 bits per heavy atom. The lowest BCUT2D eigenvalue weighted by Crippen LogP contribution is -2.26. The van der Waals surface area contributed by atoms with Crippen molar-refractivity contribution in [1.82, 2.24) is 25.1 Å². The van der Waals surface area contributed by atoms with Gasteiger partial charge in [0.2, 0.25) is 5.82 Å². The average molecular weight is 377 g/mol. The predicted molar refractivity (Wildman–Crippen MR) is 105 cm³/mol. The molecular formula is C19H19N7O2. The van der Waals surface area contributed by atoms with E-state index < -0.39 is 5.60 Å². The Labute approximate surface area is 160 Å². The van der Waals surface area contributed by atoms with Crippen molar-refractivity contribution in [3.05, 3.63) is 36.4 Å². The molecule has 1 aliphatic rings. The van der Waals surface area contributed by atoms with E-state index in [1.807, 2.05) is 36.4 Å². The van der Waals surface area contributed by atoms with Gasteiger partial charge in [-0.3, -0.25) is 0 Å². The Morgan fingerprint density at radius 3 is 2.79 bits per heavy atom. The molecule has 0 spiro atoms. The van der Waals surface area contributed by atoms with Gasteiger partial charge in [-0.05, 0) is 50.2 Å². The van der Waals surface area contributed by atoms with Crippen molar-refractivity contribution in [1.29, 1.82) is 0 Å². The molecule has 0 unspecified atom stereocenters. The van der Waals surface area contributed by atoms with Gasteiger partial charge in [0.05, 0.1) is 35.7 Å². The number of aromatic nitrogens is 5. The molecule has 28 heavy (non-hydrogen) atoms. The van der Waals surface area contributed by atoms with Crippen LogP contribution in [0.25, 0.3) is 33.9 Å². The molecule has 9 nitrogen and oxygen atoms in total. The summed E-state index contributed by atoms with van der Waals surface area (Å²) in [5.41, 5.74) is 4.39. The van der Waals surface area contributed by atoms with E-state index in [1.165, 1.54) is 0 Å². The fourth-order valence-corrected chi connectivity index (χ4v) is 3.26. The lowest BCUT2D eigenvalue weighted by atomic mass is 10.1. The maximum Gasteiger partial charge on any atom is 0.258 e. The fraction of sp³-hybridized carbons (Fsp3) is 0.263. The number of anilines is 2. The molecule has 5 rings (SSSR count). The molecule has 4 aromatic rings. The van der Waals surface area contributed by atoms with E-state index >= 15 is 0 Å². The third-order valence-corrected chi connectivity index (χ3v) is 4.56. The number of hydrogen-bond acceptors (Lipinski definition) is 8. The van der Waals surface area contributed by atoms with Crippen LogP contribution in [0.2, 0.25) is 0 Å². The average Bonchev–Trinajstić information content (AvgIpc) is 3.39. The molecule has 0 amide bonds. The largest absolute Gasteiger partial charge is 0.389 e. The quantitative estimate of drug-likeness (QED) is 0.497. The smallest absolute Gasteiger partial charge is 0.258 e. The second-order valence-electron chi connectivity index (χ2n) is 7.48. The van der Waals surface area contributed by atoms with Crippen molar-refractivity contribution in [2.75, 3.05) is 17.3 Å². The second kappa shape index (κ2) is 6.03. The predicted octanol–water partition coefficient (Wildman–Crippen LogP) is 2.71. The third-order valence-electron chi connectivity index (χ3n) is 4.56. The number of nitrogens with zero attached hydrogens (tertiary/aromatic N) is 5. The van der Waals surface area contributed by atoms with Crippen LogP contribution >= 0.6 is 0 Å². The van der Waals surface area contributed by atoms with E-state index in [4.69, 9.17) is 4.52 Å². The highest BCUT2D eigenvalue weighted by Gasteiger charge is 2.18. The van der Waals surface area contributed by atoms with Crippen molar-refractivity contribution in [3.8, 4) is 22.8 Å². The molecule has 0 aliphatic carbocycles. The van der Waals surface area contributed by atoms with Gasteiger partial charge in [-0.2, -0.15) is 4.98 Å². The van der Waals surface area contributed by atoms with Gasteiger partial charge in [-0.1, -0.05) is 10.4 Å². The summed E-state index contributed by atoms with van der Waals surface area (Å²) in [6.07, 6.45) is 0. The zero-order valence-corrected chi connectivity index (χ0v) is 15.5. The molecule has 0 fully saturated rings. The van der Waals surface area contributed by atoms with Gasteiger partial charge in [0, 0.05) is 11.1 Å². The highest BCUT2D eigenvalue weighted by Crippen LogP contribution is 2.31. The maximum atomic E-state index is 10.0. The molecule has 2 aromatic carbocycles. The summed E-state index contributed by atoms with van der Waals surface area (Å²) < 4.78 is 7.15. The van der Waals surface area contributed by atoms with Crippen LogP contribution < -0.4 is 10.6 Å². The minimum atomic E-state index is -0.874. The fourth-order valence-electron chi connectivity index (χ4n) is 3.26.